The standard InChI is InChI=1S/C12H15NO/c1-2-4-10(5-3-1)13-8-11-6-7-12(9-13)14-11/h1-5,11-12H,6-9H2/t11-,12+. The zero-order chi connectivity index (χ0) is 9.38. The zero-order valence-corrected chi connectivity index (χ0v) is 8.23. The van der Waals surface area contributed by atoms with Crippen molar-refractivity contribution in [1.29, 1.82) is 0 Å². The molecule has 2 nitrogen and oxygen atoms in total. The third-order valence-electron chi connectivity index (χ3n) is 3.16. The summed E-state index contributed by atoms with van der Waals surface area (Å²) < 4.78 is 5.81. The van der Waals surface area contributed by atoms with Gasteiger partial charge in [-0.2, -0.15) is 0 Å². The van der Waals surface area contributed by atoms with Crippen LogP contribution in [0.15, 0.2) is 30.3 Å². The molecule has 1 aromatic rings. The van der Waals surface area contributed by atoms with E-state index in [1.54, 1.807) is 0 Å². The molecule has 0 radical (unpaired) electrons. The lowest BCUT2D eigenvalue weighted by molar-refractivity contribution is 0.0305. The van der Waals surface area contributed by atoms with Crippen LogP contribution in [0.3, 0.4) is 0 Å². The Kier molecular flexibility index (Phi) is 1.95. The molecule has 2 heteroatoms. The van der Waals surface area contributed by atoms with Crippen LogP contribution in [-0.4, -0.2) is 25.3 Å². The molecule has 0 unspecified atom stereocenters. The van der Waals surface area contributed by atoms with Crippen molar-refractivity contribution in [3.63, 3.8) is 0 Å². The third-order valence-corrected chi connectivity index (χ3v) is 3.16. The van der Waals surface area contributed by atoms with Gasteiger partial charge < -0.3 is 9.64 Å². The Morgan fingerprint density at radius 3 is 2.29 bits per heavy atom. The molecule has 0 amide bonds. The SMILES string of the molecule is c1ccc(N2C[C@H]3CC[C@@H](C2)O3)cc1. The predicted octanol–water partition coefficient (Wildman–Crippen LogP) is 2.05. The number of rotatable bonds is 1. The number of fused-ring (bicyclic) bond motifs is 2. The van der Waals surface area contributed by atoms with Gasteiger partial charge in [-0.3, -0.25) is 0 Å². The third kappa shape index (κ3) is 1.40. The first-order valence-electron chi connectivity index (χ1n) is 5.37. The molecule has 74 valence electrons. The Labute approximate surface area is 84.5 Å². The zero-order valence-electron chi connectivity index (χ0n) is 8.23. The summed E-state index contributed by atoms with van der Waals surface area (Å²) in [5.74, 6) is 0. The number of nitrogens with zero attached hydrogens (tertiary/aromatic N) is 1. The summed E-state index contributed by atoms with van der Waals surface area (Å²) in [5.41, 5.74) is 1.34. The van der Waals surface area contributed by atoms with Crippen LogP contribution in [0.5, 0.6) is 0 Å². The number of benzene rings is 1. The topological polar surface area (TPSA) is 12.5 Å². The van der Waals surface area contributed by atoms with Gasteiger partial charge in [0.25, 0.3) is 0 Å². The first-order chi connectivity index (χ1) is 6.92. The highest BCUT2D eigenvalue weighted by molar-refractivity contribution is 5.46. The maximum atomic E-state index is 5.81. The van der Waals surface area contributed by atoms with Crippen LogP contribution in [0.4, 0.5) is 5.69 Å². The van der Waals surface area contributed by atoms with Gasteiger partial charge in [0.2, 0.25) is 0 Å². The van der Waals surface area contributed by atoms with E-state index in [1.165, 1.54) is 18.5 Å². The van der Waals surface area contributed by atoms with E-state index in [0.717, 1.165) is 13.1 Å². The van der Waals surface area contributed by atoms with Crippen molar-refractivity contribution >= 4 is 5.69 Å². The molecular weight excluding hydrogens is 174 g/mol. The number of hydrogen-bond donors (Lipinski definition) is 0. The number of ether oxygens (including phenoxy) is 1. The second kappa shape index (κ2) is 3.28. The van der Waals surface area contributed by atoms with Crippen LogP contribution in [0, 0.1) is 0 Å². The molecule has 0 aromatic heterocycles. The van der Waals surface area contributed by atoms with E-state index in [1.807, 2.05) is 0 Å². The minimum atomic E-state index is 0.481. The summed E-state index contributed by atoms with van der Waals surface area (Å²) in [6, 6.07) is 10.6. The molecule has 3 rings (SSSR count). The molecule has 2 aliphatic rings. The highest BCUT2D eigenvalue weighted by Crippen LogP contribution is 2.29. The number of morpholine rings is 1. The fourth-order valence-electron chi connectivity index (χ4n) is 2.46. The molecule has 2 bridgehead atoms. The average Bonchev–Trinajstić information content (AvgIpc) is 2.59. The molecule has 2 heterocycles. The molecule has 0 N–H and O–H groups in total. The fraction of sp³-hybridized carbons (Fsp3) is 0.500. The van der Waals surface area contributed by atoms with Gasteiger partial charge in [-0.15, -0.1) is 0 Å². The van der Waals surface area contributed by atoms with Gasteiger partial charge in [0, 0.05) is 18.8 Å². The summed E-state index contributed by atoms with van der Waals surface area (Å²) in [6.45, 7) is 2.14. The van der Waals surface area contributed by atoms with Gasteiger partial charge in [-0.25, -0.2) is 0 Å². The van der Waals surface area contributed by atoms with E-state index < -0.39 is 0 Å². The van der Waals surface area contributed by atoms with Crippen LogP contribution in [-0.2, 0) is 4.74 Å². The molecular formula is C12H15NO. The second-order valence-corrected chi connectivity index (χ2v) is 4.20. The Morgan fingerprint density at radius 1 is 1.00 bits per heavy atom. The summed E-state index contributed by atoms with van der Waals surface area (Å²) in [7, 11) is 0. The average molecular weight is 189 g/mol. The van der Waals surface area contributed by atoms with Crippen LogP contribution < -0.4 is 4.90 Å². The van der Waals surface area contributed by atoms with Gasteiger partial charge in [0.1, 0.15) is 0 Å². The largest absolute Gasteiger partial charge is 0.371 e. The van der Waals surface area contributed by atoms with Crippen molar-refractivity contribution in [3.05, 3.63) is 30.3 Å². The lowest BCUT2D eigenvalue weighted by Gasteiger charge is -2.33. The lowest BCUT2D eigenvalue weighted by atomic mass is 10.2. The molecule has 2 fully saturated rings. The van der Waals surface area contributed by atoms with E-state index in [0.29, 0.717) is 12.2 Å². The molecule has 0 spiro atoms. The Bertz CT molecular complexity index is 299. The predicted molar refractivity (Wildman–Crippen MR) is 56.6 cm³/mol. The highest BCUT2D eigenvalue weighted by Gasteiger charge is 2.33. The van der Waals surface area contributed by atoms with Crippen molar-refractivity contribution in [2.75, 3.05) is 18.0 Å². The van der Waals surface area contributed by atoms with Crippen LogP contribution >= 0.6 is 0 Å². The van der Waals surface area contributed by atoms with Gasteiger partial charge in [-0.1, -0.05) is 18.2 Å². The van der Waals surface area contributed by atoms with E-state index in [-0.39, 0.29) is 0 Å². The minimum absolute atomic E-state index is 0.481. The normalized spacial score (nSPS) is 30.7. The Morgan fingerprint density at radius 2 is 1.64 bits per heavy atom. The molecule has 14 heavy (non-hydrogen) atoms. The molecule has 2 aliphatic heterocycles. The highest BCUT2D eigenvalue weighted by atomic mass is 16.5. The number of para-hydroxylation sites is 1. The minimum Gasteiger partial charge on any atom is -0.371 e. The van der Waals surface area contributed by atoms with Crippen molar-refractivity contribution < 1.29 is 4.74 Å². The molecule has 2 saturated heterocycles. The first kappa shape index (κ1) is 8.30. The lowest BCUT2D eigenvalue weighted by Crippen LogP contribution is -2.42. The van der Waals surface area contributed by atoms with Crippen molar-refractivity contribution in [2.45, 2.75) is 25.0 Å². The second-order valence-electron chi connectivity index (χ2n) is 4.20. The van der Waals surface area contributed by atoms with Gasteiger partial charge in [0.15, 0.2) is 0 Å². The fourth-order valence-corrected chi connectivity index (χ4v) is 2.46. The van der Waals surface area contributed by atoms with E-state index >= 15 is 0 Å². The Balaban J connectivity index is 1.81. The molecule has 0 aliphatic carbocycles. The maximum absolute atomic E-state index is 5.81. The van der Waals surface area contributed by atoms with Gasteiger partial charge >= 0.3 is 0 Å². The number of hydrogen-bond acceptors (Lipinski definition) is 2. The summed E-state index contributed by atoms with van der Waals surface area (Å²) in [5, 5.41) is 0. The van der Waals surface area contributed by atoms with Gasteiger partial charge in [0.05, 0.1) is 12.2 Å². The van der Waals surface area contributed by atoms with Crippen molar-refractivity contribution in [3.8, 4) is 0 Å². The monoisotopic (exact) mass is 189 g/mol. The molecule has 1 aromatic carbocycles. The Hall–Kier alpha value is -1.02. The molecule has 0 saturated carbocycles. The van der Waals surface area contributed by atoms with Gasteiger partial charge in [-0.05, 0) is 25.0 Å². The summed E-state index contributed by atoms with van der Waals surface area (Å²) in [6.07, 6.45) is 3.45. The summed E-state index contributed by atoms with van der Waals surface area (Å²) >= 11 is 0. The van der Waals surface area contributed by atoms with E-state index in [2.05, 4.69) is 35.2 Å². The van der Waals surface area contributed by atoms with Crippen LogP contribution in [0.2, 0.25) is 0 Å². The first-order valence-corrected chi connectivity index (χ1v) is 5.37. The van der Waals surface area contributed by atoms with Crippen LogP contribution in [0.1, 0.15) is 12.8 Å². The quantitative estimate of drug-likeness (QED) is 0.670. The summed E-state index contributed by atoms with van der Waals surface area (Å²) in [4.78, 5) is 2.45. The maximum Gasteiger partial charge on any atom is 0.0755 e. The van der Waals surface area contributed by atoms with E-state index in [9.17, 15) is 0 Å². The number of anilines is 1. The van der Waals surface area contributed by atoms with Crippen LogP contribution in [0.25, 0.3) is 0 Å². The molecule has 2 atom stereocenters. The van der Waals surface area contributed by atoms with E-state index in [4.69, 9.17) is 4.74 Å². The smallest absolute Gasteiger partial charge is 0.0755 e. The van der Waals surface area contributed by atoms with Crippen molar-refractivity contribution in [1.82, 2.24) is 0 Å². The van der Waals surface area contributed by atoms with Crippen molar-refractivity contribution in [2.24, 2.45) is 0 Å².